The van der Waals surface area contributed by atoms with Crippen LogP contribution in [0.1, 0.15) is 45.0 Å². The number of nitrogens with zero attached hydrogens (tertiary/aromatic N) is 3. The Morgan fingerprint density at radius 3 is 2.80 bits per heavy atom. The van der Waals surface area contributed by atoms with Crippen molar-refractivity contribution in [2.45, 2.75) is 59.2 Å². The standard InChI is InChI=1S/C15H27ClN4/c1-4-13-15(16)14(20(6-3)18-13)11-19-9-7-8-12(19)10-17-5-2/h12,17H,4-11H2,1-3H3. The van der Waals surface area contributed by atoms with E-state index in [-0.39, 0.29) is 0 Å². The zero-order valence-electron chi connectivity index (χ0n) is 13.0. The van der Waals surface area contributed by atoms with Gasteiger partial charge in [0.05, 0.1) is 16.4 Å². The third-order valence-corrected chi connectivity index (χ3v) is 4.61. The van der Waals surface area contributed by atoms with Gasteiger partial charge in [-0.15, -0.1) is 0 Å². The highest BCUT2D eigenvalue weighted by molar-refractivity contribution is 6.31. The van der Waals surface area contributed by atoms with Crippen LogP contribution in [0.3, 0.4) is 0 Å². The predicted molar refractivity (Wildman–Crippen MR) is 84.3 cm³/mol. The van der Waals surface area contributed by atoms with Gasteiger partial charge in [0, 0.05) is 25.7 Å². The van der Waals surface area contributed by atoms with Gasteiger partial charge < -0.3 is 5.32 Å². The summed E-state index contributed by atoms with van der Waals surface area (Å²) in [7, 11) is 0. The van der Waals surface area contributed by atoms with Gasteiger partial charge >= 0.3 is 0 Å². The summed E-state index contributed by atoms with van der Waals surface area (Å²) in [5.41, 5.74) is 2.22. The lowest BCUT2D eigenvalue weighted by Gasteiger charge is -2.25. The minimum Gasteiger partial charge on any atom is -0.315 e. The number of rotatable bonds is 7. The van der Waals surface area contributed by atoms with Gasteiger partial charge in [0.25, 0.3) is 0 Å². The Bertz CT molecular complexity index is 430. The van der Waals surface area contributed by atoms with E-state index in [1.807, 2.05) is 0 Å². The number of aromatic nitrogens is 2. The van der Waals surface area contributed by atoms with Crippen molar-refractivity contribution in [3.8, 4) is 0 Å². The first kappa shape index (κ1) is 15.8. The monoisotopic (exact) mass is 298 g/mol. The van der Waals surface area contributed by atoms with E-state index < -0.39 is 0 Å². The highest BCUT2D eigenvalue weighted by Gasteiger charge is 2.26. The van der Waals surface area contributed by atoms with Crippen LogP contribution < -0.4 is 5.32 Å². The summed E-state index contributed by atoms with van der Waals surface area (Å²) in [6.45, 7) is 11.5. The Hall–Kier alpha value is -0.580. The van der Waals surface area contributed by atoms with Crippen LogP contribution in [0.15, 0.2) is 0 Å². The van der Waals surface area contributed by atoms with E-state index in [2.05, 4.69) is 40.8 Å². The van der Waals surface area contributed by atoms with Gasteiger partial charge in [0.15, 0.2) is 0 Å². The molecule has 0 aliphatic carbocycles. The van der Waals surface area contributed by atoms with E-state index in [4.69, 9.17) is 11.6 Å². The molecule has 1 saturated heterocycles. The zero-order valence-corrected chi connectivity index (χ0v) is 13.7. The van der Waals surface area contributed by atoms with Crippen molar-refractivity contribution in [1.82, 2.24) is 20.0 Å². The molecule has 0 saturated carbocycles. The molecule has 1 fully saturated rings. The first-order valence-electron chi connectivity index (χ1n) is 7.90. The maximum absolute atomic E-state index is 6.51. The second-order valence-electron chi connectivity index (χ2n) is 5.45. The fourth-order valence-corrected chi connectivity index (χ4v) is 3.33. The Labute approximate surface area is 127 Å². The van der Waals surface area contributed by atoms with Gasteiger partial charge in [-0.2, -0.15) is 5.10 Å². The van der Waals surface area contributed by atoms with Crippen molar-refractivity contribution in [3.63, 3.8) is 0 Å². The Morgan fingerprint density at radius 1 is 1.35 bits per heavy atom. The summed E-state index contributed by atoms with van der Waals surface area (Å²) >= 11 is 6.51. The second kappa shape index (κ2) is 7.43. The van der Waals surface area contributed by atoms with Crippen LogP contribution in [0.5, 0.6) is 0 Å². The zero-order chi connectivity index (χ0) is 14.5. The Kier molecular flexibility index (Phi) is 5.87. The number of halogens is 1. The van der Waals surface area contributed by atoms with Gasteiger partial charge in [-0.1, -0.05) is 25.4 Å². The summed E-state index contributed by atoms with van der Waals surface area (Å²) in [6, 6.07) is 0.635. The average Bonchev–Trinajstić information content (AvgIpc) is 3.02. The molecule has 0 radical (unpaired) electrons. The quantitative estimate of drug-likeness (QED) is 0.840. The van der Waals surface area contributed by atoms with E-state index in [1.54, 1.807) is 0 Å². The fourth-order valence-electron chi connectivity index (χ4n) is 3.01. The number of likely N-dealkylation sites (tertiary alicyclic amines) is 1. The highest BCUT2D eigenvalue weighted by Crippen LogP contribution is 2.26. The molecule has 1 aliphatic rings. The minimum absolute atomic E-state index is 0.635. The van der Waals surface area contributed by atoms with Crippen LogP contribution in [0.4, 0.5) is 0 Å². The predicted octanol–water partition coefficient (Wildman–Crippen LogP) is 2.69. The largest absolute Gasteiger partial charge is 0.315 e. The summed E-state index contributed by atoms with van der Waals surface area (Å²) in [4.78, 5) is 2.55. The summed E-state index contributed by atoms with van der Waals surface area (Å²) in [6.07, 6.45) is 3.47. The van der Waals surface area contributed by atoms with Crippen molar-refractivity contribution in [3.05, 3.63) is 16.4 Å². The summed E-state index contributed by atoms with van der Waals surface area (Å²) in [5, 5.41) is 8.97. The molecular weight excluding hydrogens is 272 g/mol. The van der Waals surface area contributed by atoms with Crippen molar-refractivity contribution in [2.24, 2.45) is 0 Å². The van der Waals surface area contributed by atoms with E-state index in [0.717, 1.165) is 43.3 Å². The lowest BCUT2D eigenvalue weighted by Crippen LogP contribution is -2.38. The van der Waals surface area contributed by atoms with Crippen molar-refractivity contribution in [1.29, 1.82) is 0 Å². The van der Waals surface area contributed by atoms with Crippen molar-refractivity contribution >= 4 is 11.6 Å². The Morgan fingerprint density at radius 2 is 2.15 bits per heavy atom. The smallest absolute Gasteiger partial charge is 0.0863 e. The average molecular weight is 299 g/mol. The second-order valence-corrected chi connectivity index (χ2v) is 5.83. The molecule has 2 rings (SSSR count). The SMILES string of the molecule is CCNCC1CCCN1Cc1c(Cl)c(CC)nn1CC. The molecule has 0 spiro atoms. The number of nitrogens with one attached hydrogen (secondary N) is 1. The molecule has 1 unspecified atom stereocenters. The molecule has 1 atom stereocenters. The van der Waals surface area contributed by atoms with Crippen LogP contribution in [-0.4, -0.2) is 40.4 Å². The molecule has 1 N–H and O–H groups in total. The van der Waals surface area contributed by atoms with Crippen LogP contribution in [0.25, 0.3) is 0 Å². The summed E-state index contributed by atoms with van der Waals surface area (Å²) in [5.74, 6) is 0. The molecular formula is C15H27ClN4. The van der Waals surface area contributed by atoms with E-state index in [9.17, 15) is 0 Å². The number of hydrogen-bond acceptors (Lipinski definition) is 3. The topological polar surface area (TPSA) is 33.1 Å². The van der Waals surface area contributed by atoms with Gasteiger partial charge in [0.2, 0.25) is 0 Å². The third kappa shape index (κ3) is 3.35. The lowest BCUT2D eigenvalue weighted by atomic mass is 10.2. The molecule has 1 aromatic rings. The maximum Gasteiger partial charge on any atom is 0.0863 e. The molecule has 0 bridgehead atoms. The highest BCUT2D eigenvalue weighted by atomic mass is 35.5. The fraction of sp³-hybridized carbons (Fsp3) is 0.800. The van der Waals surface area contributed by atoms with Crippen molar-refractivity contribution < 1.29 is 0 Å². The molecule has 5 heteroatoms. The van der Waals surface area contributed by atoms with E-state index in [0.29, 0.717) is 6.04 Å². The molecule has 4 nitrogen and oxygen atoms in total. The third-order valence-electron chi connectivity index (χ3n) is 4.18. The van der Waals surface area contributed by atoms with Crippen LogP contribution >= 0.6 is 11.6 Å². The van der Waals surface area contributed by atoms with Gasteiger partial charge in [0.1, 0.15) is 0 Å². The molecule has 20 heavy (non-hydrogen) atoms. The van der Waals surface area contributed by atoms with E-state index in [1.165, 1.54) is 25.1 Å². The molecule has 0 aromatic carbocycles. The van der Waals surface area contributed by atoms with Gasteiger partial charge in [-0.25, -0.2) is 0 Å². The molecule has 1 aromatic heterocycles. The van der Waals surface area contributed by atoms with Gasteiger partial charge in [-0.05, 0) is 39.3 Å². The summed E-state index contributed by atoms with van der Waals surface area (Å²) < 4.78 is 2.07. The van der Waals surface area contributed by atoms with Crippen LogP contribution in [0.2, 0.25) is 5.02 Å². The van der Waals surface area contributed by atoms with Crippen molar-refractivity contribution in [2.75, 3.05) is 19.6 Å². The van der Waals surface area contributed by atoms with Gasteiger partial charge in [-0.3, -0.25) is 9.58 Å². The maximum atomic E-state index is 6.51. The normalized spacial score (nSPS) is 19.9. The number of aryl methyl sites for hydroxylation is 2. The first-order chi connectivity index (χ1) is 9.71. The molecule has 0 amide bonds. The van der Waals surface area contributed by atoms with Crippen LogP contribution in [-0.2, 0) is 19.5 Å². The van der Waals surface area contributed by atoms with Crippen LogP contribution in [0, 0.1) is 0 Å². The first-order valence-corrected chi connectivity index (χ1v) is 8.27. The molecule has 114 valence electrons. The molecule has 1 aliphatic heterocycles. The Balaban J connectivity index is 2.10. The minimum atomic E-state index is 0.635. The lowest BCUT2D eigenvalue weighted by molar-refractivity contribution is 0.233. The molecule has 2 heterocycles. The number of hydrogen-bond donors (Lipinski definition) is 1. The number of likely N-dealkylation sites (N-methyl/N-ethyl adjacent to an activating group) is 1. The van der Waals surface area contributed by atoms with E-state index >= 15 is 0 Å².